The van der Waals surface area contributed by atoms with Gasteiger partial charge in [-0.1, -0.05) is 0 Å². The van der Waals surface area contributed by atoms with E-state index in [0.29, 0.717) is 13.0 Å². The van der Waals surface area contributed by atoms with Gasteiger partial charge in [-0.25, -0.2) is 0 Å². The number of esters is 1. The van der Waals surface area contributed by atoms with Gasteiger partial charge in [0.2, 0.25) is 0 Å². The zero-order valence-electron chi connectivity index (χ0n) is 9.29. The van der Waals surface area contributed by atoms with Crippen molar-refractivity contribution in [3.8, 4) is 0 Å². The summed E-state index contributed by atoms with van der Waals surface area (Å²) in [6.07, 6.45) is 1.92. The standard InChI is InChI=1S/C10H21NO3/c1-8(11)5-4-6-10(12)14-9(2)7-13-3/h8-9H,4-7,11H2,1-3H3. The van der Waals surface area contributed by atoms with Crippen LogP contribution >= 0.6 is 0 Å². The van der Waals surface area contributed by atoms with Crippen molar-refractivity contribution in [3.63, 3.8) is 0 Å². The number of rotatable bonds is 7. The second-order valence-corrected chi connectivity index (χ2v) is 3.63. The van der Waals surface area contributed by atoms with Gasteiger partial charge in [-0.3, -0.25) is 4.79 Å². The van der Waals surface area contributed by atoms with Gasteiger partial charge in [0.1, 0.15) is 6.10 Å². The van der Waals surface area contributed by atoms with E-state index in [0.717, 1.165) is 12.8 Å². The summed E-state index contributed by atoms with van der Waals surface area (Å²) in [7, 11) is 1.58. The SMILES string of the molecule is COCC(C)OC(=O)CCCC(C)N. The first-order chi connectivity index (χ1) is 6.56. The van der Waals surface area contributed by atoms with E-state index in [4.69, 9.17) is 15.2 Å². The Labute approximate surface area is 85.8 Å². The van der Waals surface area contributed by atoms with E-state index in [1.165, 1.54) is 0 Å². The highest BCUT2D eigenvalue weighted by Crippen LogP contribution is 2.02. The van der Waals surface area contributed by atoms with E-state index < -0.39 is 0 Å². The predicted octanol–water partition coefficient (Wildman–Crippen LogP) is 1.08. The van der Waals surface area contributed by atoms with Crippen molar-refractivity contribution < 1.29 is 14.3 Å². The molecule has 2 atom stereocenters. The maximum atomic E-state index is 11.2. The van der Waals surface area contributed by atoms with Gasteiger partial charge in [-0.05, 0) is 26.7 Å². The van der Waals surface area contributed by atoms with E-state index in [-0.39, 0.29) is 18.1 Å². The Hall–Kier alpha value is -0.610. The van der Waals surface area contributed by atoms with Crippen LogP contribution in [-0.2, 0) is 14.3 Å². The van der Waals surface area contributed by atoms with Gasteiger partial charge in [0.15, 0.2) is 0 Å². The highest BCUT2D eigenvalue weighted by Gasteiger charge is 2.08. The highest BCUT2D eigenvalue weighted by molar-refractivity contribution is 5.69. The molecule has 0 aromatic rings. The second kappa shape index (κ2) is 7.76. The monoisotopic (exact) mass is 203 g/mol. The lowest BCUT2D eigenvalue weighted by Crippen LogP contribution is -2.20. The molecule has 0 heterocycles. The van der Waals surface area contributed by atoms with Gasteiger partial charge >= 0.3 is 5.97 Å². The van der Waals surface area contributed by atoms with Gasteiger partial charge in [0, 0.05) is 19.6 Å². The van der Waals surface area contributed by atoms with Gasteiger partial charge in [0.05, 0.1) is 6.61 Å². The molecule has 0 aromatic carbocycles. The van der Waals surface area contributed by atoms with Gasteiger partial charge < -0.3 is 15.2 Å². The molecule has 0 amide bonds. The molecule has 0 radical (unpaired) electrons. The third kappa shape index (κ3) is 8.01. The summed E-state index contributed by atoms with van der Waals surface area (Å²) in [6.45, 7) is 4.19. The minimum atomic E-state index is -0.171. The number of carbonyl (C=O) groups excluding carboxylic acids is 1. The lowest BCUT2D eigenvalue weighted by Gasteiger charge is -2.12. The van der Waals surface area contributed by atoms with Crippen molar-refractivity contribution in [3.05, 3.63) is 0 Å². The van der Waals surface area contributed by atoms with E-state index in [1.807, 2.05) is 13.8 Å². The largest absolute Gasteiger partial charge is 0.460 e. The first-order valence-electron chi connectivity index (χ1n) is 5.00. The van der Waals surface area contributed by atoms with Crippen LogP contribution in [0.1, 0.15) is 33.1 Å². The molecule has 0 saturated carbocycles. The summed E-state index contributed by atoms with van der Waals surface area (Å²) < 4.78 is 9.92. The van der Waals surface area contributed by atoms with E-state index >= 15 is 0 Å². The molecule has 0 aliphatic rings. The minimum Gasteiger partial charge on any atom is -0.460 e. The summed E-state index contributed by atoms with van der Waals surface area (Å²) in [5, 5.41) is 0. The average molecular weight is 203 g/mol. The summed E-state index contributed by atoms with van der Waals surface area (Å²) in [6, 6.07) is 0.152. The molecule has 0 saturated heterocycles. The molecular formula is C10H21NO3. The van der Waals surface area contributed by atoms with Crippen LogP contribution in [0, 0.1) is 0 Å². The number of hydrogen-bond acceptors (Lipinski definition) is 4. The quantitative estimate of drug-likeness (QED) is 0.629. The smallest absolute Gasteiger partial charge is 0.306 e. The molecule has 0 fully saturated rings. The number of ether oxygens (including phenoxy) is 2. The Morgan fingerprint density at radius 3 is 2.57 bits per heavy atom. The van der Waals surface area contributed by atoms with Gasteiger partial charge in [-0.15, -0.1) is 0 Å². The molecule has 0 spiro atoms. The van der Waals surface area contributed by atoms with Crippen LogP contribution in [0.2, 0.25) is 0 Å². The molecule has 0 aliphatic heterocycles. The Morgan fingerprint density at radius 1 is 1.43 bits per heavy atom. The van der Waals surface area contributed by atoms with Crippen molar-refractivity contribution in [2.45, 2.75) is 45.3 Å². The lowest BCUT2D eigenvalue weighted by molar-refractivity contribution is -0.150. The Morgan fingerprint density at radius 2 is 2.07 bits per heavy atom. The number of nitrogens with two attached hydrogens (primary N) is 1. The fraction of sp³-hybridized carbons (Fsp3) is 0.900. The molecule has 4 nitrogen and oxygen atoms in total. The minimum absolute atomic E-state index is 0.152. The van der Waals surface area contributed by atoms with Gasteiger partial charge in [0.25, 0.3) is 0 Å². The average Bonchev–Trinajstić information content (AvgIpc) is 2.03. The molecule has 4 heteroatoms. The lowest BCUT2D eigenvalue weighted by atomic mass is 10.1. The molecule has 14 heavy (non-hydrogen) atoms. The first kappa shape index (κ1) is 13.4. The van der Waals surface area contributed by atoms with Crippen LogP contribution < -0.4 is 5.73 Å². The zero-order valence-corrected chi connectivity index (χ0v) is 9.29. The van der Waals surface area contributed by atoms with Crippen LogP contribution in [0.5, 0.6) is 0 Å². The molecule has 0 aliphatic carbocycles. The maximum Gasteiger partial charge on any atom is 0.306 e. The number of methoxy groups -OCH3 is 1. The van der Waals surface area contributed by atoms with Crippen molar-refractivity contribution in [1.82, 2.24) is 0 Å². The Kier molecular flexibility index (Phi) is 7.42. The third-order valence-electron chi connectivity index (χ3n) is 1.77. The summed E-state index contributed by atoms with van der Waals surface area (Å²) in [5.41, 5.74) is 5.56. The third-order valence-corrected chi connectivity index (χ3v) is 1.77. The fourth-order valence-electron chi connectivity index (χ4n) is 1.12. The molecule has 2 N–H and O–H groups in total. The Bertz CT molecular complexity index is 159. The van der Waals surface area contributed by atoms with Crippen LogP contribution in [0.4, 0.5) is 0 Å². The molecule has 0 bridgehead atoms. The summed E-state index contributed by atoms with van der Waals surface area (Å²) >= 11 is 0. The van der Waals surface area contributed by atoms with E-state index in [1.54, 1.807) is 7.11 Å². The molecular weight excluding hydrogens is 182 g/mol. The zero-order chi connectivity index (χ0) is 11.0. The first-order valence-corrected chi connectivity index (χ1v) is 5.00. The number of carbonyl (C=O) groups is 1. The second-order valence-electron chi connectivity index (χ2n) is 3.63. The number of hydrogen-bond donors (Lipinski definition) is 1. The predicted molar refractivity (Wildman–Crippen MR) is 54.9 cm³/mol. The molecule has 0 aromatic heterocycles. The molecule has 84 valence electrons. The summed E-state index contributed by atoms with van der Waals surface area (Å²) in [4.78, 5) is 11.2. The van der Waals surface area contributed by atoms with Crippen LogP contribution in [0.3, 0.4) is 0 Å². The normalized spacial score (nSPS) is 14.9. The van der Waals surface area contributed by atoms with Crippen LogP contribution in [0.25, 0.3) is 0 Å². The van der Waals surface area contributed by atoms with Crippen molar-refractivity contribution in [1.29, 1.82) is 0 Å². The molecule has 2 unspecified atom stereocenters. The van der Waals surface area contributed by atoms with Crippen LogP contribution in [0.15, 0.2) is 0 Å². The Balaban J connectivity index is 3.45. The van der Waals surface area contributed by atoms with E-state index in [9.17, 15) is 4.79 Å². The molecule has 0 rings (SSSR count). The van der Waals surface area contributed by atoms with Crippen LogP contribution in [-0.4, -0.2) is 31.8 Å². The van der Waals surface area contributed by atoms with E-state index in [2.05, 4.69) is 0 Å². The highest BCUT2D eigenvalue weighted by atomic mass is 16.6. The van der Waals surface area contributed by atoms with Gasteiger partial charge in [-0.2, -0.15) is 0 Å². The fourth-order valence-corrected chi connectivity index (χ4v) is 1.12. The maximum absolute atomic E-state index is 11.2. The van der Waals surface area contributed by atoms with Crippen molar-refractivity contribution in [2.24, 2.45) is 5.73 Å². The summed E-state index contributed by atoms with van der Waals surface area (Å²) in [5.74, 6) is -0.171. The van der Waals surface area contributed by atoms with Crippen molar-refractivity contribution >= 4 is 5.97 Å². The topological polar surface area (TPSA) is 61.5 Å². The van der Waals surface area contributed by atoms with Crippen molar-refractivity contribution in [2.75, 3.05) is 13.7 Å².